The Morgan fingerprint density at radius 2 is 0.725 bits per heavy atom. The molecule has 374 valence electrons. The van der Waals surface area contributed by atoms with E-state index in [0.717, 1.165) is 22.6 Å². The second kappa shape index (κ2) is 18.2. The van der Waals surface area contributed by atoms with Crippen molar-refractivity contribution in [2.75, 3.05) is 4.90 Å². The van der Waals surface area contributed by atoms with Gasteiger partial charge in [0.2, 0.25) is 0 Å². The van der Waals surface area contributed by atoms with Gasteiger partial charge < -0.3 is 9.47 Å². The fourth-order valence-corrected chi connectivity index (χ4v) is 14.1. The van der Waals surface area contributed by atoms with Gasteiger partial charge in [0.15, 0.2) is 0 Å². The summed E-state index contributed by atoms with van der Waals surface area (Å²) in [6.07, 6.45) is 0. The maximum atomic E-state index is 2.58. The van der Waals surface area contributed by atoms with Crippen molar-refractivity contribution in [2.24, 2.45) is 0 Å². The zero-order valence-electron chi connectivity index (χ0n) is 43.9. The molecule has 1 aromatic heterocycles. The molecular weight excluding hydrogens is 965 g/mol. The van der Waals surface area contributed by atoms with Crippen molar-refractivity contribution < 1.29 is 0 Å². The molecule has 0 radical (unpaired) electrons. The van der Waals surface area contributed by atoms with Gasteiger partial charge in [0.05, 0.1) is 27.6 Å². The molecule has 0 saturated heterocycles. The minimum Gasteiger partial charge on any atom is -0.310 e. The van der Waals surface area contributed by atoms with E-state index >= 15 is 0 Å². The second-order valence-corrected chi connectivity index (χ2v) is 21.5. The zero-order chi connectivity index (χ0) is 52.8. The minimum atomic E-state index is -0.564. The smallest absolute Gasteiger partial charge is 0.0742 e. The maximum Gasteiger partial charge on any atom is 0.0742 e. The van der Waals surface area contributed by atoms with Gasteiger partial charge in [-0.25, -0.2) is 0 Å². The van der Waals surface area contributed by atoms with Crippen LogP contribution in [0.1, 0.15) is 44.5 Å². The average molecular weight is 1020 g/mol. The van der Waals surface area contributed by atoms with Crippen LogP contribution < -0.4 is 4.90 Å². The first-order valence-electron chi connectivity index (χ1n) is 27.8. The van der Waals surface area contributed by atoms with Gasteiger partial charge in [-0.3, -0.25) is 0 Å². The van der Waals surface area contributed by atoms with E-state index in [4.69, 9.17) is 0 Å². The van der Waals surface area contributed by atoms with Gasteiger partial charge in [-0.2, -0.15) is 0 Å². The molecule has 16 rings (SSSR count). The Balaban J connectivity index is 0.871. The summed E-state index contributed by atoms with van der Waals surface area (Å²) in [5.41, 5.74) is 23.3. The summed E-state index contributed by atoms with van der Waals surface area (Å²) in [6.45, 7) is 0. The van der Waals surface area contributed by atoms with Gasteiger partial charge in [0, 0.05) is 33.2 Å². The van der Waals surface area contributed by atoms with Gasteiger partial charge in [0.1, 0.15) is 0 Å². The lowest BCUT2D eigenvalue weighted by Crippen LogP contribution is -2.35. The Labute approximate surface area is 466 Å². The Morgan fingerprint density at radius 3 is 1.35 bits per heavy atom. The molecule has 0 spiro atoms. The summed E-state index contributed by atoms with van der Waals surface area (Å²) < 4.78 is 2.58. The van der Waals surface area contributed by atoms with E-state index in [0.29, 0.717) is 0 Å². The Kier molecular flexibility index (Phi) is 10.4. The lowest BCUT2D eigenvalue weighted by atomic mass is 9.63. The molecule has 1 aliphatic carbocycles. The molecule has 0 saturated carbocycles. The van der Waals surface area contributed by atoms with Crippen LogP contribution in [0.3, 0.4) is 0 Å². The third-order valence-electron chi connectivity index (χ3n) is 17.5. The van der Waals surface area contributed by atoms with Crippen molar-refractivity contribution in [3.05, 3.63) is 360 Å². The SMILES string of the molecule is c1ccc(-c2ccc(N(c3ccc(-c4ccc5c(c4)c4cccc6c4n5-c4c(ccc5ccccc45)C6(c4ccccc4)c4ccccc4)cc3)c3ccc4c(c3)C(c3ccccc3)(c3ccccc3)c3ccccc3-4)cc2)cc1. The lowest BCUT2D eigenvalue weighted by molar-refractivity contribution is 0.730. The minimum absolute atomic E-state index is 0.529. The number of hydrogen-bond donors (Lipinski definition) is 0. The van der Waals surface area contributed by atoms with E-state index in [2.05, 4.69) is 325 Å². The van der Waals surface area contributed by atoms with Crippen LogP contribution in [0.2, 0.25) is 0 Å². The standard InChI is InChI=1S/C78H52N2/c1-6-21-53(22-7-1)54-37-43-62(44-38-54)79(64-47-48-67-66-33-18-19-35-70(66)77(73(67)52-64,58-24-8-2-9-25-58)59-26-10-3-11-27-59)63-45-39-55(40-46-63)57-42-50-74-69(51-57)68-34-20-36-71-76(68)80(74)75-65-32-17-16-23-56(65)41-49-72(75)78(71,60-28-12-4-13-29-60)61-30-14-5-15-31-61/h1-52H. The third-order valence-corrected chi connectivity index (χ3v) is 17.5. The van der Waals surface area contributed by atoms with Crippen molar-refractivity contribution in [3.8, 4) is 39.1 Å². The highest BCUT2D eigenvalue weighted by atomic mass is 15.1. The van der Waals surface area contributed by atoms with Crippen LogP contribution in [0.4, 0.5) is 17.1 Å². The summed E-state index contributed by atoms with van der Waals surface area (Å²) in [4.78, 5) is 2.43. The van der Waals surface area contributed by atoms with Gasteiger partial charge in [0.25, 0.3) is 0 Å². The Bertz CT molecular complexity index is 4580. The maximum absolute atomic E-state index is 2.58. The highest BCUT2D eigenvalue weighted by Gasteiger charge is 2.47. The third kappa shape index (κ3) is 6.66. The quantitative estimate of drug-likeness (QED) is 0.140. The van der Waals surface area contributed by atoms with Crippen LogP contribution >= 0.6 is 0 Å². The van der Waals surface area contributed by atoms with Gasteiger partial charge in [-0.05, 0) is 132 Å². The van der Waals surface area contributed by atoms with Gasteiger partial charge in [-0.15, -0.1) is 0 Å². The Morgan fingerprint density at radius 1 is 0.263 bits per heavy atom. The molecule has 2 aliphatic rings. The fraction of sp³-hybridized carbons (Fsp3) is 0.0256. The molecule has 0 unspecified atom stereocenters. The summed E-state index contributed by atoms with van der Waals surface area (Å²) in [7, 11) is 0. The van der Waals surface area contributed by atoms with Crippen molar-refractivity contribution >= 4 is 49.6 Å². The van der Waals surface area contributed by atoms with Gasteiger partial charge >= 0.3 is 0 Å². The first kappa shape index (κ1) is 45.9. The summed E-state index contributed by atoms with van der Waals surface area (Å²) >= 11 is 0. The first-order chi connectivity index (χ1) is 39.7. The van der Waals surface area contributed by atoms with E-state index in [1.807, 2.05) is 0 Å². The molecular formula is C78H52N2. The molecule has 2 heteroatoms. The molecule has 0 amide bonds. The van der Waals surface area contributed by atoms with Crippen LogP contribution in [-0.4, -0.2) is 4.57 Å². The van der Waals surface area contributed by atoms with E-state index in [1.165, 1.54) is 111 Å². The van der Waals surface area contributed by atoms with Crippen LogP contribution in [0.15, 0.2) is 315 Å². The predicted octanol–water partition coefficient (Wildman–Crippen LogP) is 19.8. The lowest BCUT2D eigenvalue weighted by Gasteiger charge is -2.42. The number of para-hydroxylation sites is 1. The molecule has 0 N–H and O–H groups in total. The molecule has 0 bridgehead atoms. The van der Waals surface area contributed by atoms with E-state index in [-0.39, 0.29) is 0 Å². The number of anilines is 3. The molecule has 2 nitrogen and oxygen atoms in total. The van der Waals surface area contributed by atoms with Crippen LogP contribution in [0, 0.1) is 0 Å². The topological polar surface area (TPSA) is 8.17 Å². The van der Waals surface area contributed by atoms with Crippen molar-refractivity contribution in [1.29, 1.82) is 0 Å². The summed E-state index contributed by atoms with van der Waals surface area (Å²) in [6, 6.07) is 117. The average Bonchev–Trinajstić information content (AvgIpc) is 4.19. The van der Waals surface area contributed by atoms with Gasteiger partial charge in [-0.1, -0.05) is 267 Å². The normalized spacial score (nSPS) is 13.4. The molecule has 0 atom stereocenters. The van der Waals surface area contributed by atoms with Crippen molar-refractivity contribution in [2.45, 2.75) is 10.8 Å². The molecule has 13 aromatic carbocycles. The number of aromatic nitrogens is 1. The fourth-order valence-electron chi connectivity index (χ4n) is 14.1. The van der Waals surface area contributed by atoms with E-state index in [1.54, 1.807) is 0 Å². The highest BCUT2D eigenvalue weighted by molar-refractivity contribution is 6.15. The van der Waals surface area contributed by atoms with Crippen LogP contribution in [-0.2, 0) is 10.8 Å². The predicted molar refractivity (Wildman–Crippen MR) is 333 cm³/mol. The van der Waals surface area contributed by atoms with Crippen molar-refractivity contribution in [3.63, 3.8) is 0 Å². The highest BCUT2D eigenvalue weighted by Crippen LogP contribution is 2.59. The molecule has 80 heavy (non-hydrogen) atoms. The monoisotopic (exact) mass is 1020 g/mol. The van der Waals surface area contributed by atoms with Crippen LogP contribution in [0.5, 0.6) is 0 Å². The van der Waals surface area contributed by atoms with E-state index < -0.39 is 10.8 Å². The number of benzene rings is 13. The zero-order valence-corrected chi connectivity index (χ0v) is 43.9. The molecule has 0 fully saturated rings. The second-order valence-electron chi connectivity index (χ2n) is 21.5. The molecule has 14 aromatic rings. The first-order valence-corrected chi connectivity index (χ1v) is 27.8. The number of rotatable bonds is 9. The number of nitrogens with zero attached hydrogens (tertiary/aromatic N) is 2. The summed E-state index contributed by atoms with van der Waals surface area (Å²) in [5.74, 6) is 0. The van der Waals surface area contributed by atoms with Crippen molar-refractivity contribution in [1.82, 2.24) is 4.57 Å². The molecule has 1 aliphatic heterocycles. The van der Waals surface area contributed by atoms with Crippen LogP contribution in [0.25, 0.3) is 71.6 Å². The summed E-state index contributed by atoms with van der Waals surface area (Å²) in [5, 5.41) is 4.95. The van der Waals surface area contributed by atoms with E-state index in [9.17, 15) is 0 Å². The largest absolute Gasteiger partial charge is 0.310 e. The Hall–Kier alpha value is -10.3. The molecule has 2 heterocycles. The number of fused-ring (bicyclic) bond motifs is 10. The number of hydrogen-bond acceptors (Lipinski definition) is 1.